The summed E-state index contributed by atoms with van der Waals surface area (Å²) < 4.78 is 9.47. The molecule has 0 saturated carbocycles. The Kier molecular flexibility index (Phi) is 8.17. The summed E-state index contributed by atoms with van der Waals surface area (Å²) in [5, 5.41) is 0. The van der Waals surface area contributed by atoms with Gasteiger partial charge in [0.25, 0.3) is 0 Å². The zero-order chi connectivity index (χ0) is 26.7. The second kappa shape index (κ2) is 10.8. The number of methoxy groups -OCH3 is 2. The van der Waals surface area contributed by atoms with Crippen molar-refractivity contribution in [3.8, 4) is 0 Å². The van der Waals surface area contributed by atoms with E-state index in [-0.39, 0.29) is 34.3 Å². The van der Waals surface area contributed by atoms with E-state index >= 15 is 0 Å². The number of carbonyl (C=O) groups is 4. The quantitative estimate of drug-likeness (QED) is 0.337. The van der Waals surface area contributed by atoms with Crippen molar-refractivity contribution in [3.05, 3.63) is 69.8 Å². The number of rotatable bonds is 10. The molecule has 192 valence electrons. The molecule has 0 N–H and O–H groups in total. The second-order valence-electron chi connectivity index (χ2n) is 10.8. The molecule has 0 heterocycles. The van der Waals surface area contributed by atoms with Gasteiger partial charge in [-0.2, -0.15) is 0 Å². The van der Waals surface area contributed by atoms with Crippen LogP contribution in [0.15, 0.2) is 36.4 Å². The lowest BCUT2D eigenvalue weighted by Gasteiger charge is -2.29. The molecule has 36 heavy (non-hydrogen) atoms. The summed E-state index contributed by atoms with van der Waals surface area (Å²) in [5.74, 6) is -0.779. The number of ketones is 2. The minimum atomic E-state index is -0.282. The topological polar surface area (TPSA) is 86.7 Å². The second-order valence-corrected chi connectivity index (χ2v) is 10.8. The normalized spacial score (nSPS) is 13.2. The van der Waals surface area contributed by atoms with Gasteiger partial charge in [0.15, 0.2) is 11.6 Å². The first kappa shape index (κ1) is 27.3. The highest BCUT2D eigenvalue weighted by Crippen LogP contribution is 2.37. The molecular formula is C30H36O6. The summed E-state index contributed by atoms with van der Waals surface area (Å²) >= 11 is 0. The van der Waals surface area contributed by atoms with E-state index in [1.807, 2.05) is 24.3 Å². The van der Waals surface area contributed by atoms with Crippen LogP contribution in [0.5, 0.6) is 0 Å². The molecule has 6 heteroatoms. The van der Waals surface area contributed by atoms with Gasteiger partial charge in [-0.1, -0.05) is 39.8 Å². The third kappa shape index (κ3) is 5.75. The number of carbonyl (C=O) groups excluding carboxylic acids is 4. The zero-order valence-corrected chi connectivity index (χ0v) is 22.2. The molecule has 2 aromatic carbocycles. The van der Waals surface area contributed by atoms with Gasteiger partial charge in [0, 0.05) is 35.1 Å². The van der Waals surface area contributed by atoms with Crippen LogP contribution in [0, 0.1) is 0 Å². The molecular weight excluding hydrogens is 456 g/mol. The fourth-order valence-electron chi connectivity index (χ4n) is 4.83. The van der Waals surface area contributed by atoms with Crippen LogP contribution >= 0.6 is 0 Å². The molecule has 0 aliphatic heterocycles. The van der Waals surface area contributed by atoms with Gasteiger partial charge in [-0.25, -0.2) is 0 Å². The van der Waals surface area contributed by atoms with Gasteiger partial charge >= 0.3 is 11.9 Å². The minimum Gasteiger partial charge on any atom is -0.469 e. The molecule has 0 radical (unpaired) electrons. The lowest BCUT2D eigenvalue weighted by molar-refractivity contribution is -0.141. The summed E-state index contributed by atoms with van der Waals surface area (Å²) in [6.07, 6.45) is 3.50. The fraction of sp³-hybridized carbons (Fsp3) is 0.467. The number of ether oxygens (including phenoxy) is 2. The summed E-state index contributed by atoms with van der Waals surface area (Å²) in [6, 6.07) is 11.0. The van der Waals surface area contributed by atoms with Gasteiger partial charge in [0.05, 0.1) is 14.2 Å². The van der Waals surface area contributed by atoms with Crippen molar-refractivity contribution in [2.75, 3.05) is 14.2 Å². The molecule has 0 saturated heterocycles. The Morgan fingerprint density at radius 1 is 0.639 bits per heavy atom. The zero-order valence-electron chi connectivity index (χ0n) is 22.2. The summed E-state index contributed by atoms with van der Waals surface area (Å²) in [6.45, 7) is 8.29. The van der Waals surface area contributed by atoms with E-state index in [2.05, 4.69) is 27.7 Å². The van der Waals surface area contributed by atoms with Crippen LogP contribution in [0.4, 0.5) is 0 Å². The van der Waals surface area contributed by atoms with Crippen LogP contribution in [0.3, 0.4) is 0 Å². The number of benzene rings is 2. The van der Waals surface area contributed by atoms with Crippen LogP contribution in [0.25, 0.3) is 0 Å². The monoisotopic (exact) mass is 492 g/mol. The number of hydrogen-bond donors (Lipinski definition) is 0. The first-order chi connectivity index (χ1) is 16.9. The van der Waals surface area contributed by atoms with Crippen molar-refractivity contribution < 1.29 is 28.7 Å². The Balaban J connectivity index is 1.87. The molecule has 1 aliphatic carbocycles. The number of fused-ring (bicyclic) bond motifs is 2. The summed E-state index contributed by atoms with van der Waals surface area (Å²) in [5.41, 5.74) is 3.04. The molecule has 0 atom stereocenters. The molecule has 0 fully saturated rings. The predicted octanol–water partition coefficient (Wildman–Crippen LogP) is 5.70. The Bertz CT molecular complexity index is 1100. The van der Waals surface area contributed by atoms with Crippen molar-refractivity contribution in [3.63, 3.8) is 0 Å². The standard InChI is InChI=1S/C30H36O6/c1-29(2,15-7-9-25(31)35-5)19-11-13-21-23(17-19)28(34)24-18-20(12-14-22(24)27(21)33)30(3,4)16-8-10-26(32)36-6/h11-14,17-18H,7-10,15-16H2,1-6H3. The van der Waals surface area contributed by atoms with E-state index in [0.717, 1.165) is 24.0 Å². The largest absolute Gasteiger partial charge is 0.469 e. The van der Waals surface area contributed by atoms with Gasteiger partial charge in [0.2, 0.25) is 0 Å². The molecule has 1 aliphatic rings. The third-order valence-corrected chi connectivity index (χ3v) is 7.40. The van der Waals surface area contributed by atoms with Crippen LogP contribution in [0.2, 0.25) is 0 Å². The molecule has 0 amide bonds. The highest BCUT2D eigenvalue weighted by atomic mass is 16.5. The van der Waals surface area contributed by atoms with Crippen LogP contribution in [-0.2, 0) is 29.9 Å². The van der Waals surface area contributed by atoms with E-state index < -0.39 is 0 Å². The van der Waals surface area contributed by atoms with E-state index in [4.69, 9.17) is 9.47 Å². The first-order valence-corrected chi connectivity index (χ1v) is 12.4. The third-order valence-electron chi connectivity index (χ3n) is 7.40. The van der Waals surface area contributed by atoms with E-state index in [0.29, 0.717) is 47.9 Å². The van der Waals surface area contributed by atoms with Crippen LogP contribution in [0.1, 0.15) is 109 Å². The predicted molar refractivity (Wildman–Crippen MR) is 138 cm³/mol. The average molecular weight is 493 g/mol. The summed E-state index contributed by atoms with van der Waals surface area (Å²) in [7, 11) is 2.76. The molecule has 0 aromatic heterocycles. The molecule has 0 unspecified atom stereocenters. The Morgan fingerprint density at radius 3 is 1.36 bits per heavy atom. The lowest BCUT2D eigenvalue weighted by Crippen LogP contribution is -2.25. The Hall–Kier alpha value is -3.28. The highest BCUT2D eigenvalue weighted by molar-refractivity contribution is 6.28. The van der Waals surface area contributed by atoms with Crippen molar-refractivity contribution in [2.24, 2.45) is 0 Å². The van der Waals surface area contributed by atoms with Crippen molar-refractivity contribution in [2.45, 2.75) is 77.0 Å². The Morgan fingerprint density at radius 2 is 1.00 bits per heavy atom. The van der Waals surface area contributed by atoms with Crippen LogP contribution in [-0.4, -0.2) is 37.7 Å². The van der Waals surface area contributed by atoms with Gasteiger partial charge in [-0.3, -0.25) is 19.2 Å². The van der Waals surface area contributed by atoms with Gasteiger partial charge in [0.1, 0.15) is 0 Å². The number of hydrogen-bond acceptors (Lipinski definition) is 6. The lowest BCUT2D eigenvalue weighted by atomic mass is 9.74. The fourth-order valence-corrected chi connectivity index (χ4v) is 4.83. The SMILES string of the molecule is COC(=O)CCCC(C)(C)c1ccc2c(c1)C(=O)c1cc(C(C)(C)CCCC(=O)OC)ccc1C2=O. The number of esters is 2. The maximum Gasteiger partial charge on any atom is 0.305 e. The van der Waals surface area contributed by atoms with Gasteiger partial charge in [-0.05, 0) is 71.9 Å². The maximum absolute atomic E-state index is 13.6. The van der Waals surface area contributed by atoms with E-state index in [1.165, 1.54) is 14.2 Å². The highest BCUT2D eigenvalue weighted by Gasteiger charge is 2.33. The van der Waals surface area contributed by atoms with Crippen molar-refractivity contribution >= 4 is 23.5 Å². The van der Waals surface area contributed by atoms with Crippen molar-refractivity contribution in [1.29, 1.82) is 0 Å². The maximum atomic E-state index is 13.6. The average Bonchev–Trinajstić information content (AvgIpc) is 2.86. The molecule has 2 aromatic rings. The molecule has 6 nitrogen and oxygen atoms in total. The van der Waals surface area contributed by atoms with Gasteiger partial charge < -0.3 is 9.47 Å². The van der Waals surface area contributed by atoms with E-state index in [1.54, 1.807) is 12.1 Å². The molecule has 0 spiro atoms. The summed E-state index contributed by atoms with van der Waals surface area (Å²) in [4.78, 5) is 49.9. The van der Waals surface area contributed by atoms with Gasteiger partial charge in [-0.15, -0.1) is 0 Å². The van der Waals surface area contributed by atoms with Crippen LogP contribution < -0.4 is 0 Å². The molecule has 3 rings (SSSR count). The first-order valence-electron chi connectivity index (χ1n) is 12.4. The minimum absolute atomic E-state index is 0.148. The Labute approximate surface area is 213 Å². The smallest absolute Gasteiger partial charge is 0.305 e. The van der Waals surface area contributed by atoms with Crippen molar-refractivity contribution in [1.82, 2.24) is 0 Å². The molecule has 0 bridgehead atoms. The van der Waals surface area contributed by atoms with E-state index in [9.17, 15) is 19.2 Å².